The van der Waals surface area contributed by atoms with E-state index in [1.165, 1.54) is 0 Å². The molecule has 0 heterocycles. The van der Waals surface area contributed by atoms with Crippen molar-refractivity contribution in [2.45, 2.75) is 12.0 Å². The van der Waals surface area contributed by atoms with Gasteiger partial charge in [0.05, 0.1) is 6.61 Å². The number of hydrogen-bond acceptors (Lipinski definition) is 3. The maximum atomic E-state index is 9.46. The third-order valence-electron chi connectivity index (χ3n) is 2.01. The molecule has 0 saturated heterocycles. The van der Waals surface area contributed by atoms with Gasteiger partial charge in [0.1, 0.15) is 5.60 Å². The fourth-order valence-corrected chi connectivity index (χ4v) is 1.19. The van der Waals surface area contributed by atoms with Crippen LogP contribution in [0.3, 0.4) is 0 Å². The molecule has 2 unspecified atom stereocenters. The van der Waals surface area contributed by atoms with Gasteiger partial charge in [-0.25, -0.2) is 0 Å². The third kappa shape index (κ3) is 1.08. The molecule has 58 valence electrons. The van der Waals surface area contributed by atoms with Gasteiger partial charge in [-0.2, -0.15) is 0 Å². The van der Waals surface area contributed by atoms with Crippen LogP contribution < -0.4 is 0 Å². The van der Waals surface area contributed by atoms with Gasteiger partial charge < -0.3 is 15.3 Å². The predicted molar refractivity (Wildman–Crippen MR) is 36.4 cm³/mol. The topological polar surface area (TPSA) is 60.7 Å². The standard InChI is InChI=1S/C7H12O3/c8-4-6-2-1-3-7(6,10)5-9/h1,3,6,8-10H,2,4-5H2. The summed E-state index contributed by atoms with van der Waals surface area (Å²) < 4.78 is 0. The van der Waals surface area contributed by atoms with Gasteiger partial charge in [0.15, 0.2) is 0 Å². The van der Waals surface area contributed by atoms with Crippen LogP contribution in [0.4, 0.5) is 0 Å². The van der Waals surface area contributed by atoms with Crippen LogP contribution in [0.15, 0.2) is 12.2 Å². The minimum atomic E-state index is -1.17. The van der Waals surface area contributed by atoms with Crippen LogP contribution in [-0.2, 0) is 0 Å². The first-order valence-corrected chi connectivity index (χ1v) is 3.35. The molecule has 0 radical (unpaired) electrons. The van der Waals surface area contributed by atoms with Gasteiger partial charge in [-0.3, -0.25) is 0 Å². The first-order valence-electron chi connectivity index (χ1n) is 3.35. The fraction of sp³-hybridized carbons (Fsp3) is 0.714. The van der Waals surface area contributed by atoms with E-state index in [0.717, 1.165) is 0 Å². The molecule has 1 aliphatic rings. The molecule has 2 atom stereocenters. The average molecular weight is 144 g/mol. The van der Waals surface area contributed by atoms with Crippen molar-refractivity contribution in [1.29, 1.82) is 0 Å². The molecule has 0 aromatic carbocycles. The van der Waals surface area contributed by atoms with E-state index < -0.39 is 5.60 Å². The normalized spacial score (nSPS) is 38.9. The molecule has 0 fully saturated rings. The van der Waals surface area contributed by atoms with Crippen molar-refractivity contribution in [3.8, 4) is 0 Å². The van der Waals surface area contributed by atoms with E-state index in [4.69, 9.17) is 10.2 Å². The Morgan fingerprint density at radius 3 is 2.60 bits per heavy atom. The minimum Gasteiger partial charge on any atom is -0.396 e. The Balaban J connectivity index is 2.64. The first kappa shape index (κ1) is 7.72. The highest BCUT2D eigenvalue weighted by Crippen LogP contribution is 2.28. The Labute approximate surface area is 59.6 Å². The van der Waals surface area contributed by atoms with E-state index in [1.54, 1.807) is 12.2 Å². The van der Waals surface area contributed by atoms with Gasteiger partial charge in [0.25, 0.3) is 0 Å². The van der Waals surface area contributed by atoms with Crippen LogP contribution in [0.5, 0.6) is 0 Å². The zero-order valence-corrected chi connectivity index (χ0v) is 5.70. The van der Waals surface area contributed by atoms with E-state index >= 15 is 0 Å². The van der Waals surface area contributed by atoms with E-state index in [-0.39, 0.29) is 19.1 Å². The van der Waals surface area contributed by atoms with Crippen molar-refractivity contribution in [3.63, 3.8) is 0 Å². The van der Waals surface area contributed by atoms with Crippen molar-refractivity contribution in [2.75, 3.05) is 13.2 Å². The van der Waals surface area contributed by atoms with Gasteiger partial charge >= 0.3 is 0 Å². The molecule has 0 aliphatic heterocycles. The van der Waals surface area contributed by atoms with E-state index in [1.807, 2.05) is 0 Å². The monoisotopic (exact) mass is 144 g/mol. The van der Waals surface area contributed by atoms with E-state index in [0.29, 0.717) is 6.42 Å². The molecule has 3 heteroatoms. The number of hydrogen-bond donors (Lipinski definition) is 3. The lowest BCUT2D eigenvalue weighted by Gasteiger charge is -2.25. The SMILES string of the molecule is OCC1CC=CC1(O)CO. The molecule has 0 amide bonds. The Morgan fingerprint density at radius 2 is 2.20 bits per heavy atom. The number of allylic oxidation sites excluding steroid dienone is 1. The predicted octanol–water partition coefficient (Wildman–Crippen LogP) is -0.722. The van der Waals surface area contributed by atoms with Crippen LogP contribution in [0.1, 0.15) is 6.42 Å². The second-order valence-electron chi connectivity index (χ2n) is 2.67. The highest BCUT2D eigenvalue weighted by molar-refractivity contribution is 5.12. The summed E-state index contributed by atoms with van der Waals surface area (Å²) in [5.74, 6) is -0.225. The van der Waals surface area contributed by atoms with Crippen molar-refractivity contribution >= 4 is 0 Å². The first-order chi connectivity index (χ1) is 4.73. The summed E-state index contributed by atoms with van der Waals surface area (Å²) in [5.41, 5.74) is -1.17. The van der Waals surface area contributed by atoms with Crippen LogP contribution in [0.25, 0.3) is 0 Å². The second kappa shape index (κ2) is 2.70. The highest BCUT2D eigenvalue weighted by Gasteiger charge is 2.35. The summed E-state index contributed by atoms with van der Waals surface area (Å²) in [6, 6.07) is 0. The van der Waals surface area contributed by atoms with Crippen LogP contribution in [0.2, 0.25) is 0 Å². The van der Waals surface area contributed by atoms with Crippen LogP contribution >= 0.6 is 0 Å². The Morgan fingerprint density at radius 1 is 1.50 bits per heavy atom. The highest BCUT2D eigenvalue weighted by atomic mass is 16.3. The van der Waals surface area contributed by atoms with Gasteiger partial charge in [-0.1, -0.05) is 12.2 Å². The molecule has 0 aromatic heterocycles. The summed E-state index contributed by atoms with van der Waals surface area (Å²) >= 11 is 0. The molecule has 1 aliphatic carbocycles. The summed E-state index contributed by atoms with van der Waals surface area (Å²) in [6.07, 6.45) is 3.97. The third-order valence-corrected chi connectivity index (χ3v) is 2.01. The summed E-state index contributed by atoms with van der Waals surface area (Å²) in [4.78, 5) is 0. The summed E-state index contributed by atoms with van der Waals surface area (Å²) in [7, 11) is 0. The van der Waals surface area contributed by atoms with Gasteiger partial charge in [-0.05, 0) is 6.42 Å². The van der Waals surface area contributed by atoms with Crippen LogP contribution in [-0.4, -0.2) is 34.1 Å². The van der Waals surface area contributed by atoms with E-state index in [9.17, 15) is 5.11 Å². The maximum Gasteiger partial charge on any atom is 0.111 e. The lowest BCUT2D eigenvalue weighted by atomic mass is 9.92. The molecular formula is C7H12O3. The number of aliphatic hydroxyl groups is 3. The lowest BCUT2D eigenvalue weighted by Crippen LogP contribution is -2.38. The molecular weight excluding hydrogens is 132 g/mol. The zero-order chi connectivity index (χ0) is 7.61. The quantitative estimate of drug-likeness (QED) is 0.448. The van der Waals surface area contributed by atoms with E-state index in [2.05, 4.69) is 0 Å². The molecule has 0 aromatic rings. The average Bonchev–Trinajstić information content (AvgIpc) is 2.32. The smallest absolute Gasteiger partial charge is 0.111 e. The van der Waals surface area contributed by atoms with Gasteiger partial charge in [-0.15, -0.1) is 0 Å². The largest absolute Gasteiger partial charge is 0.396 e. The minimum absolute atomic E-state index is 0.0793. The molecule has 1 rings (SSSR count). The molecule has 0 bridgehead atoms. The Kier molecular flexibility index (Phi) is 2.08. The number of rotatable bonds is 2. The van der Waals surface area contributed by atoms with Gasteiger partial charge in [0, 0.05) is 12.5 Å². The summed E-state index contributed by atoms with van der Waals surface area (Å²) in [5, 5.41) is 26.9. The molecule has 3 nitrogen and oxygen atoms in total. The molecule has 0 spiro atoms. The zero-order valence-electron chi connectivity index (χ0n) is 5.70. The van der Waals surface area contributed by atoms with Crippen molar-refractivity contribution < 1.29 is 15.3 Å². The van der Waals surface area contributed by atoms with Gasteiger partial charge in [0.2, 0.25) is 0 Å². The maximum absolute atomic E-state index is 9.46. The van der Waals surface area contributed by atoms with Crippen molar-refractivity contribution in [1.82, 2.24) is 0 Å². The summed E-state index contributed by atoms with van der Waals surface area (Å²) in [6.45, 7) is -0.390. The van der Waals surface area contributed by atoms with Crippen LogP contribution in [0, 0.1) is 5.92 Å². The lowest BCUT2D eigenvalue weighted by molar-refractivity contribution is -0.0303. The Bertz CT molecular complexity index is 144. The second-order valence-corrected chi connectivity index (χ2v) is 2.67. The molecule has 3 N–H and O–H groups in total. The Hall–Kier alpha value is -0.380. The van der Waals surface area contributed by atoms with Crippen molar-refractivity contribution in [3.05, 3.63) is 12.2 Å². The number of aliphatic hydroxyl groups excluding tert-OH is 2. The van der Waals surface area contributed by atoms with Crippen molar-refractivity contribution in [2.24, 2.45) is 5.92 Å². The molecule has 10 heavy (non-hydrogen) atoms. The fourth-order valence-electron chi connectivity index (χ4n) is 1.19. The molecule has 0 saturated carbocycles.